The van der Waals surface area contributed by atoms with Crippen LogP contribution in [0.1, 0.15) is 21.7 Å². The Morgan fingerprint density at radius 2 is 1.95 bits per heavy atom. The molecule has 3 nitrogen and oxygen atoms in total. The Labute approximate surface area is 137 Å². The minimum atomic E-state index is -0.166. The maximum absolute atomic E-state index is 12.3. The van der Waals surface area contributed by atoms with Crippen molar-refractivity contribution in [1.29, 1.82) is 0 Å². The largest absolute Gasteiger partial charge is 0.451 e. The number of rotatable bonds is 4. The number of halogens is 1. The lowest BCUT2D eigenvalue weighted by atomic mass is 10.1. The molecule has 1 amide bonds. The summed E-state index contributed by atoms with van der Waals surface area (Å²) in [6.07, 6.45) is 0.803. The van der Waals surface area contributed by atoms with Crippen molar-refractivity contribution in [2.75, 3.05) is 6.54 Å². The number of nitrogens with one attached hydrogen (secondary N) is 1. The fourth-order valence-electron chi connectivity index (χ4n) is 2.46. The second-order valence-corrected chi connectivity index (χ2v) is 6.10. The summed E-state index contributed by atoms with van der Waals surface area (Å²) >= 11 is 3.44. The topological polar surface area (TPSA) is 42.2 Å². The van der Waals surface area contributed by atoms with Gasteiger partial charge in [-0.25, -0.2) is 0 Å². The standard InChI is InChI=1S/C18H16BrNO2/c1-12-15-11-14(19)7-8-16(15)22-17(12)18(21)20-10-9-13-5-3-2-4-6-13/h2-8,11H,9-10H2,1H3,(H,20,21). The van der Waals surface area contributed by atoms with E-state index in [1.54, 1.807) is 0 Å². The molecule has 0 atom stereocenters. The number of hydrogen-bond acceptors (Lipinski definition) is 2. The molecule has 0 aliphatic rings. The molecule has 3 rings (SSSR count). The van der Waals surface area contributed by atoms with Crippen LogP contribution in [0.4, 0.5) is 0 Å². The number of fused-ring (bicyclic) bond motifs is 1. The van der Waals surface area contributed by atoms with Crippen LogP contribution < -0.4 is 5.32 Å². The van der Waals surface area contributed by atoms with E-state index in [2.05, 4.69) is 33.4 Å². The van der Waals surface area contributed by atoms with Crippen LogP contribution in [0.25, 0.3) is 11.0 Å². The molecule has 0 aliphatic heterocycles. The highest BCUT2D eigenvalue weighted by atomic mass is 79.9. The monoisotopic (exact) mass is 357 g/mol. The first kappa shape index (κ1) is 14.9. The highest BCUT2D eigenvalue weighted by molar-refractivity contribution is 9.10. The van der Waals surface area contributed by atoms with Gasteiger partial charge in [-0.3, -0.25) is 4.79 Å². The molecule has 4 heteroatoms. The second-order valence-electron chi connectivity index (χ2n) is 5.19. The van der Waals surface area contributed by atoms with Gasteiger partial charge < -0.3 is 9.73 Å². The van der Waals surface area contributed by atoms with Crippen LogP contribution in [0, 0.1) is 6.92 Å². The Kier molecular flexibility index (Phi) is 4.29. The van der Waals surface area contributed by atoms with Crippen LogP contribution in [0.15, 0.2) is 57.4 Å². The zero-order chi connectivity index (χ0) is 15.5. The number of benzene rings is 2. The average Bonchev–Trinajstić information content (AvgIpc) is 2.85. The second kappa shape index (κ2) is 6.36. The molecule has 1 aromatic heterocycles. The fourth-order valence-corrected chi connectivity index (χ4v) is 2.82. The normalized spacial score (nSPS) is 10.8. The molecule has 0 saturated heterocycles. The number of furan rings is 1. The maximum Gasteiger partial charge on any atom is 0.287 e. The highest BCUT2D eigenvalue weighted by Crippen LogP contribution is 2.27. The third-order valence-corrected chi connectivity index (χ3v) is 4.14. The molecular weight excluding hydrogens is 342 g/mol. The van der Waals surface area contributed by atoms with Crippen LogP contribution in [-0.2, 0) is 6.42 Å². The molecule has 0 bridgehead atoms. The lowest BCUT2D eigenvalue weighted by molar-refractivity contribution is 0.0928. The summed E-state index contributed by atoms with van der Waals surface area (Å²) in [6, 6.07) is 15.8. The molecule has 112 valence electrons. The van der Waals surface area contributed by atoms with Gasteiger partial charge in [-0.15, -0.1) is 0 Å². The summed E-state index contributed by atoms with van der Waals surface area (Å²) in [6.45, 7) is 2.49. The molecule has 2 aromatic carbocycles. The van der Waals surface area contributed by atoms with Gasteiger partial charge in [-0.2, -0.15) is 0 Å². The number of carbonyl (C=O) groups is 1. The Balaban J connectivity index is 1.71. The summed E-state index contributed by atoms with van der Waals surface area (Å²) in [7, 11) is 0. The van der Waals surface area contributed by atoms with Gasteiger partial charge in [-0.1, -0.05) is 46.3 Å². The Bertz CT molecular complexity index is 809. The minimum absolute atomic E-state index is 0.166. The molecule has 22 heavy (non-hydrogen) atoms. The van der Waals surface area contributed by atoms with E-state index in [4.69, 9.17) is 4.42 Å². The van der Waals surface area contributed by atoms with Crippen molar-refractivity contribution in [3.05, 3.63) is 69.9 Å². The lowest BCUT2D eigenvalue weighted by Crippen LogP contribution is -2.25. The Hall–Kier alpha value is -2.07. The summed E-state index contributed by atoms with van der Waals surface area (Å²) in [5.41, 5.74) is 2.80. The predicted molar refractivity (Wildman–Crippen MR) is 91.1 cm³/mol. The van der Waals surface area contributed by atoms with Gasteiger partial charge in [0.25, 0.3) is 5.91 Å². The van der Waals surface area contributed by atoms with Gasteiger partial charge in [0, 0.05) is 22.0 Å². The molecule has 0 saturated carbocycles. The summed E-state index contributed by atoms with van der Waals surface area (Å²) < 4.78 is 6.66. The van der Waals surface area contributed by atoms with Crippen molar-refractivity contribution >= 4 is 32.8 Å². The van der Waals surface area contributed by atoms with Crippen LogP contribution in [0.5, 0.6) is 0 Å². The van der Waals surface area contributed by atoms with E-state index in [-0.39, 0.29) is 5.91 Å². The Morgan fingerprint density at radius 1 is 1.18 bits per heavy atom. The zero-order valence-corrected chi connectivity index (χ0v) is 13.8. The highest BCUT2D eigenvalue weighted by Gasteiger charge is 2.17. The van der Waals surface area contributed by atoms with E-state index in [1.807, 2.05) is 43.3 Å². The van der Waals surface area contributed by atoms with E-state index >= 15 is 0 Å². The molecule has 0 radical (unpaired) electrons. The van der Waals surface area contributed by atoms with Crippen molar-refractivity contribution in [3.63, 3.8) is 0 Å². The first-order valence-corrected chi connectivity index (χ1v) is 7.95. The summed E-state index contributed by atoms with van der Waals surface area (Å²) in [5, 5.41) is 3.88. The third kappa shape index (κ3) is 3.07. The average molecular weight is 358 g/mol. The molecule has 0 fully saturated rings. The number of amides is 1. The molecule has 3 aromatic rings. The summed E-state index contributed by atoms with van der Waals surface area (Å²) in [4.78, 5) is 12.3. The van der Waals surface area contributed by atoms with E-state index in [1.165, 1.54) is 5.56 Å². The SMILES string of the molecule is Cc1c(C(=O)NCCc2ccccc2)oc2ccc(Br)cc12. The van der Waals surface area contributed by atoms with E-state index in [9.17, 15) is 4.79 Å². The number of carbonyl (C=O) groups excluding carboxylic acids is 1. The van der Waals surface area contributed by atoms with Gasteiger partial charge in [0.1, 0.15) is 5.58 Å². The van der Waals surface area contributed by atoms with Crippen molar-refractivity contribution in [3.8, 4) is 0 Å². The molecule has 0 spiro atoms. The third-order valence-electron chi connectivity index (χ3n) is 3.65. The molecule has 1 heterocycles. The van der Waals surface area contributed by atoms with Gasteiger partial charge in [-0.05, 0) is 37.1 Å². The quantitative estimate of drug-likeness (QED) is 0.747. The first-order chi connectivity index (χ1) is 10.6. The molecule has 0 aliphatic carbocycles. The van der Waals surface area contributed by atoms with E-state index < -0.39 is 0 Å². The zero-order valence-electron chi connectivity index (χ0n) is 12.2. The maximum atomic E-state index is 12.3. The van der Waals surface area contributed by atoms with Crippen LogP contribution in [-0.4, -0.2) is 12.5 Å². The van der Waals surface area contributed by atoms with Gasteiger partial charge >= 0.3 is 0 Å². The lowest BCUT2D eigenvalue weighted by Gasteiger charge is -2.04. The Morgan fingerprint density at radius 3 is 2.73 bits per heavy atom. The summed E-state index contributed by atoms with van der Waals surface area (Å²) in [5.74, 6) is 0.224. The van der Waals surface area contributed by atoms with Crippen LogP contribution >= 0.6 is 15.9 Å². The van der Waals surface area contributed by atoms with E-state index in [0.29, 0.717) is 12.3 Å². The van der Waals surface area contributed by atoms with Crippen LogP contribution in [0.3, 0.4) is 0 Å². The van der Waals surface area contributed by atoms with E-state index in [0.717, 1.165) is 27.4 Å². The fraction of sp³-hybridized carbons (Fsp3) is 0.167. The smallest absolute Gasteiger partial charge is 0.287 e. The van der Waals surface area contributed by atoms with Gasteiger partial charge in [0.2, 0.25) is 0 Å². The van der Waals surface area contributed by atoms with Crippen LogP contribution in [0.2, 0.25) is 0 Å². The molecule has 1 N–H and O–H groups in total. The van der Waals surface area contributed by atoms with Crippen molar-refractivity contribution < 1.29 is 9.21 Å². The van der Waals surface area contributed by atoms with Gasteiger partial charge in [0.05, 0.1) is 0 Å². The minimum Gasteiger partial charge on any atom is -0.451 e. The predicted octanol–water partition coefficient (Wildman–Crippen LogP) is 4.48. The van der Waals surface area contributed by atoms with Gasteiger partial charge in [0.15, 0.2) is 5.76 Å². The van der Waals surface area contributed by atoms with Crippen molar-refractivity contribution in [2.45, 2.75) is 13.3 Å². The molecular formula is C18H16BrNO2. The first-order valence-electron chi connectivity index (χ1n) is 7.16. The van der Waals surface area contributed by atoms with Crippen molar-refractivity contribution in [2.24, 2.45) is 0 Å². The van der Waals surface area contributed by atoms with Crippen molar-refractivity contribution in [1.82, 2.24) is 5.32 Å². The number of hydrogen-bond donors (Lipinski definition) is 1. The molecule has 0 unspecified atom stereocenters. The number of aryl methyl sites for hydroxylation is 1.